The molecule has 0 spiro atoms. The van der Waals surface area contributed by atoms with Gasteiger partial charge in [-0.3, -0.25) is 18.0 Å². The Morgan fingerprint density at radius 2 is 1.08 bits per heavy atom. The summed E-state index contributed by atoms with van der Waals surface area (Å²) in [4.78, 5) is 27.4. The van der Waals surface area contributed by atoms with Gasteiger partial charge in [-0.1, -0.05) is 0 Å². The molecule has 9 saturated heterocycles. The molecule has 9 aliphatic heterocycles. The molecule has 9 rings (SSSR count). The molecule has 0 aromatic rings. The number of aliphatic hydroxyl groups is 2. The summed E-state index contributed by atoms with van der Waals surface area (Å²) in [6.07, 6.45) is -6.04. The molecule has 0 unspecified atom stereocenters. The zero-order valence-electron chi connectivity index (χ0n) is 42.8. The van der Waals surface area contributed by atoms with Gasteiger partial charge in [-0.05, 0) is 67.2 Å². The van der Waals surface area contributed by atoms with Crippen molar-refractivity contribution in [2.45, 2.75) is 182 Å². The van der Waals surface area contributed by atoms with Crippen molar-refractivity contribution in [2.75, 3.05) is 78.8 Å². The number of likely N-dealkylation sites (tertiary alicyclic amines) is 2. The molecular formula is C45H70F2N8O18S2. The second-order valence-electron chi connectivity index (χ2n) is 21.6. The van der Waals surface area contributed by atoms with Crippen LogP contribution in [0, 0.1) is 22.7 Å². The summed E-state index contributed by atoms with van der Waals surface area (Å²) in [5, 5.41) is 44.7. The van der Waals surface area contributed by atoms with E-state index in [4.69, 9.17) is 56.8 Å². The maximum absolute atomic E-state index is 13.6. The summed E-state index contributed by atoms with van der Waals surface area (Å²) in [7, 11) is -8.31. The molecule has 9 aliphatic rings. The van der Waals surface area contributed by atoms with Gasteiger partial charge < -0.3 is 68.5 Å². The standard InChI is InChI=1S/C24H37FN4O9S.C21H33FN4O9S/c1-22(2)35-18-13-33-24(21(20(18)36-22)37-23(3,4)38-24)14-34-39(31,32)28-7-5-16(6-8-28)27-11-19(30)29-12-15(25)9-17(29)10-26;1-20(2)34-19-18(29)16(27)11-32-21(19,35-20)12-33-36(30,31)25-5-3-14(4-6-25)24-9-17(28)26-10-13(22)7-15(26)8-23/h15-18,20-21,27H,5-9,11-14H2,1-4H3;13-16,18-19,24,27,29H,3-7,9-12H2,1-2H3/t15-,17-,18+,20+,21-,24-;13-,15-,16+,18+,19-,21-/m00/s1. The number of amides is 2. The van der Waals surface area contributed by atoms with Gasteiger partial charge >= 0.3 is 20.6 Å². The summed E-state index contributed by atoms with van der Waals surface area (Å²) in [5.74, 6) is -7.00. The van der Waals surface area contributed by atoms with E-state index in [1.165, 1.54) is 14.1 Å². The van der Waals surface area contributed by atoms with E-state index in [0.29, 0.717) is 25.7 Å². The van der Waals surface area contributed by atoms with Crippen LogP contribution in [0.5, 0.6) is 0 Å². The lowest BCUT2D eigenvalue weighted by molar-refractivity contribution is -0.301. The van der Waals surface area contributed by atoms with Crippen LogP contribution in [0.4, 0.5) is 8.78 Å². The molecule has 0 aromatic carbocycles. The number of nitrogens with zero attached hydrogens (tertiary/aromatic N) is 6. The number of nitriles is 2. The van der Waals surface area contributed by atoms with Crippen molar-refractivity contribution in [1.29, 1.82) is 10.5 Å². The summed E-state index contributed by atoms with van der Waals surface area (Å²) >= 11 is 0. The van der Waals surface area contributed by atoms with E-state index in [-0.39, 0.29) is 108 Å². The fourth-order valence-corrected chi connectivity index (χ4v) is 13.3. The Labute approximate surface area is 435 Å². The van der Waals surface area contributed by atoms with Crippen LogP contribution < -0.4 is 10.6 Å². The number of halogens is 2. The Morgan fingerprint density at radius 1 is 0.653 bits per heavy atom. The first-order chi connectivity index (χ1) is 35.1. The number of nitrogens with one attached hydrogen (secondary N) is 2. The van der Waals surface area contributed by atoms with E-state index in [0.717, 1.165) is 4.31 Å². The minimum atomic E-state index is -4.19. The van der Waals surface area contributed by atoms with Crippen molar-refractivity contribution in [3.05, 3.63) is 0 Å². The van der Waals surface area contributed by atoms with Crippen LogP contribution >= 0.6 is 0 Å². The Hall–Kier alpha value is -2.96. The van der Waals surface area contributed by atoms with Crippen molar-refractivity contribution >= 4 is 32.4 Å². The predicted octanol–water partition coefficient (Wildman–Crippen LogP) is -1.47. The minimum Gasteiger partial charge on any atom is -0.388 e. The summed E-state index contributed by atoms with van der Waals surface area (Å²) in [6, 6.07) is 2.13. The van der Waals surface area contributed by atoms with Gasteiger partial charge in [-0.15, -0.1) is 0 Å². The number of carbonyl (C=O) groups excluding carboxylic acids is 2. The van der Waals surface area contributed by atoms with E-state index in [2.05, 4.69) is 10.6 Å². The average molecular weight is 1110 g/mol. The number of carbonyl (C=O) groups is 2. The number of fused-ring (bicyclic) bond motifs is 4. The fraction of sp³-hybridized carbons (Fsp3) is 0.911. The van der Waals surface area contributed by atoms with Gasteiger partial charge in [-0.25, -0.2) is 8.78 Å². The minimum absolute atomic E-state index is 0.0137. The van der Waals surface area contributed by atoms with E-state index in [1.807, 2.05) is 12.1 Å². The number of aliphatic hydroxyl groups excluding tert-OH is 2. The Morgan fingerprint density at radius 3 is 1.53 bits per heavy atom. The number of hydrogen-bond acceptors (Lipinski definition) is 22. The molecule has 0 saturated carbocycles. The quantitative estimate of drug-likeness (QED) is 0.154. The van der Waals surface area contributed by atoms with E-state index >= 15 is 0 Å². The molecule has 0 bridgehead atoms. The van der Waals surface area contributed by atoms with Gasteiger partial charge in [0.05, 0.1) is 51.5 Å². The third kappa shape index (κ3) is 13.1. The average Bonchev–Trinajstić information content (AvgIpc) is 4.15. The van der Waals surface area contributed by atoms with Crippen molar-refractivity contribution in [3.8, 4) is 12.1 Å². The first kappa shape index (κ1) is 58.2. The van der Waals surface area contributed by atoms with Crippen LogP contribution in [-0.4, -0.2) is 238 Å². The molecule has 9 heterocycles. The highest BCUT2D eigenvalue weighted by Crippen LogP contribution is 2.48. The second-order valence-corrected chi connectivity index (χ2v) is 24.8. The van der Waals surface area contributed by atoms with Gasteiger partial charge in [0.1, 0.15) is 74.3 Å². The maximum atomic E-state index is 13.6. The molecule has 0 radical (unpaired) electrons. The van der Waals surface area contributed by atoms with E-state index in [1.54, 1.807) is 41.5 Å². The van der Waals surface area contributed by atoms with Gasteiger partial charge in [0.25, 0.3) is 0 Å². The topological polar surface area (TPSA) is 320 Å². The number of piperidine rings is 2. The van der Waals surface area contributed by atoms with Crippen molar-refractivity contribution in [1.82, 2.24) is 29.0 Å². The van der Waals surface area contributed by atoms with Crippen LogP contribution in [0.1, 0.15) is 80.1 Å². The van der Waals surface area contributed by atoms with Crippen LogP contribution in [-0.2, 0) is 76.5 Å². The highest BCUT2D eigenvalue weighted by atomic mass is 32.2. The van der Waals surface area contributed by atoms with E-state index < -0.39 is 118 Å². The summed E-state index contributed by atoms with van der Waals surface area (Å²) in [6.45, 7) is 9.34. The normalized spacial score (nSPS) is 38.0. The second kappa shape index (κ2) is 22.3. The van der Waals surface area contributed by atoms with Crippen molar-refractivity contribution in [3.63, 3.8) is 0 Å². The lowest BCUT2D eigenvalue weighted by Crippen LogP contribution is -2.61. The molecule has 30 heteroatoms. The number of hydrogen-bond donors (Lipinski definition) is 4. The monoisotopic (exact) mass is 1110 g/mol. The van der Waals surface area contributed by atoms with Gasteiger partial charge in [0.2, 0.25) is 23.4 Å². The van der Waals surface area contributed by atoms with Crippen LogP contribution in [0.15, 0.2) is 0 Å². The Bertz CT molecular complexity index is 2390. The number of ether oxygens (including phenoxy) is 8. The van der Waals surface area contributed by atoms with Gasteiger partial charge in [0, 0.05) is 51.1 Å². The molecule has 424 valence electrons. The van der Waals surface area contributed by atoms with E-state index in [9.17, 15) is 45.4 Å². The molecule has 4 N–H and O–H groups in total. The van der Waals surface area contributed by atoms with Crippen LogP contribution in [0.25, 0.3) is 0 Å². The highest BCUT2D eigenvalue weighted by Gasteiger charge is 2.66. The Kier molecular flexibility index (Phi) is 17.3. The zero-order chi connectivity index (χ0) is 54.5. The third-order valence-electron chi connectivity index (χ3n) is 14.6. The SMILES string of the molecule is CC1(C)O[C@@H]2[C@@H](CO[C@@]3(COS(=O)(=O)N4CCC(NCC(=O)N5C[C@@H](F)C[C@H]5C#N)CC4)OC(C)(C)O[C@@H]23)O1.CC1(C)O[C@H]2[C@H](O)[C@H](O)CO[C@@]2(COS(=O)(=O)N2CCC(NCC(=O)N3C[C@@H](F)C[C@H]3C#N)CC2)O1. The van der Waals surface area contributed by atoms with Crippen LogP contribution in [0.2, 0.25) is 0 Å². The van der Waals surface area contributed by atoms with Crippen LogP contribution in [0.3, 0.4) is 0 Å². The highest BCUT2D eigenvalue weighted by molar-refractivity contribution is 7.84. The molecule has 26 nitrogen and oxygen atoms in total. The summed E-state index contributed by atoms with van der Waals surface area (Å²) < 4.78 is 139. The van der Waals surface area contributed by atoms with Crippen molar-refractivity contribution < 1.29 is 91.7 Å². The lowest BCUT2D eigenvalue weighted by Gasteiger charge is -2.41. The first-order valence-electron chi connectivity index (χ1n) is 25.3. The molecule has 0 aromatic heterocycles. The molecule has 2 amide bonds. The zero-order valence-corrected chi connectivity index (χ0v) is 44.5. The molecule has 0 aliphatic carbocycles. The maximum Gasteiger partial charge on any atom is 0.338 e. The number of rotatable bonds is 14. The smallest absolute Gasteiger partial charge is 0.338 e. The Balaban J connectivity index is 0.000000200. The predicted molar refractivity (Wildman–Crippen MR) is 249 cm³/mol. The summed E-state index contributed by atoms with van der Waals surface area (Å²) in [5.41, 5.74) is 0. The third-order valence-corrected chi connectivity index (χ3v) is 17.4. The van der Waals surface area contributed by atoms with Gasteiger partial charge in [0.15, 0.2) is 17.4 Å². The lowest BCUT2D eigenvalue weighted by atomic mass is 9.98. The largest absolute Gasteiger partial charge is 0.388 e. The molecule has 75 heavy (non-hydrogen) atoms. The van der Waals surface area contributed by atoms with Crippen molar-refractivity contribution in [2.24, 2.45) is 0 Å². The fourth-order valence-electron chi connectivity index (χ4n) is 11.0. The first-order valence-corrected chi connectivity index (χ1v) is 28.0. The molecule has 9 fully saturated rings. The van der Waals surface area contributed by atoms with Gasteiger partial charge in [-0.2, -0.15) is 36.0 Å². The number of alkyl halides is 2. The molecule has 12 atom stereocenters. The molecular weight excluding hydrogens is 1040 g/mol.